The highest BCUT2D eigenvalue weighted by Crippen LogP contribution is 2.71. The maximum Gasteiger partial charge on any atom is 0.159 e. The Hall–Kier alpha value is -1.51. The molecule has 4 rings (SSSR count). The van der Waals surface area contributed by atoms with Crippen LogP contribution in [0.2, 0.25) is 0 Å². The first-order valence-electron chi connectivity index (χ1n) is 13.3. The van der Waals surface area contributed by atoms with Gasteiger partial charge in [0.1, 0.15) is 12.1 Å². The average molecular weight is 453 g/mol. The van der Waals surface area contributed by atoms with Gasteiger partial charge in [-0.05, 0) is 86.0 Å². The third kappa shape index (κ3) is 3.39. The maximum atomic E-state index is 13.9. The van der Waals surface area contributed by atoms with Crippen molar-refractivity contribution in [2.24, 2.45) is 39.4 Å². The van der Waals surface area contributed by atoms with Crippen LogP contribution in [-0.2, 0) is 14.4 Å². The Balaban J connectivity index is 1.68. The highest BCUT2D eigenvalue weighted by molar-refractivity contribution is 6.00. The fraction of sp³-hybridized carbons (Fsp3) is 0.767. The minimum absolute atomic E-state index is 0.0220. The predicted molar refractivity (Wildman–Crippen MR) is 133 cm³/mol. The van der Waals surface area contributed by atoms with Gasteiger partial charge in [-0.15, -0.1) is 0 Å². The molecule has 0 spiro atoms. The molecule has 0 aromatic heterocycles. The summed E-state index contributed by atoms with van der Waals surface area (Å²) in [4.78, 5) is 37.6. The van der Waals surface area contributed by atoms with E-state index in [0.29, 0.717) is 36.2 Å². The van der Waals surface area contributed by atoms with Crippen molar-refractivity contribution in [2.45, 2.75) is 106 Å². The molecular formula is C30H44O3. The average Bonchev–Trinajstić information content (AvgIpc) is 3.04. The van der Waals surface area contributed by atoms with Crippen LogP contribution in [0.4, 0.5) is 0 Å². The number of Topliss-reactive ketones (excluding diaryl/α,β-unsaturated/α-hetero) is 2. The molecule has 0 saturated heterocycles. The fourth-order valence-electron chi connectivity index (χ4n) is 8.94. The van der Waals surface area contributed by atoms with Gasteiger partial charge < -0.3 is 0 Å². The Morgan fingerprint density at radius 2 is 1.76 bits per heavy atom. The van der Waals surface area contributed by atoms with Gasteiger partial charge in [-0.1, -0.05) is 53.2 Å². The van der Waals surface area contributed by atoms with Crippen LogP contribution in [0.3, 0.4) is 0 Å². The molecule has 3 nitrogen and oxygen atoms in total. The largest absolute Gasteiger partial charge is 0.299 e. The van der Waals surface area contributed by atoms with Gasteiger partial charge in [0.25, 0.3) is 0 Å². The number of allylic oxidation sites excluding steroid dienone is 4. The summed E-state index contributed by atoms with van der Waals surface area (Å²) < 4.78 is 0. The van der Waals surface area contributed by atoms with Crippen LogP contribution in [0.1, 0.15) is 106 Å². The van der Waals surface area contributed by atoms with E-state index in [1.165, 1.54) is 17.6 Å². The molecule has 0 unspecified atom stereocenters. The van der Waals surface area contributed by atoms with Crippen LogP contribution in [0.15, 0.2) is 22.8 Å². The molecule has 3 heteroatoms. The molecule has 0 aromatic carbocycles. The molecule has 0 bridgehead atoms. The summed E-state index contributed by atoms with van der Waals surface area (Å²) in [6.07, 6.45) is 11.6. The molecule has 4 aliphatic rings. The Labute approximate surface area is 200 Å². The van der Waals surface area contributed by atoms with Gasteiger partial charge in [0, 0.05) is 29.2 Å². The summed E-state index contributed by atoms with van der Waals surface area (Å²) in [5.41, 5.74) is 3.04. The molecule has 0 aliphatic heterocycles. The topological polar surface area (TPSA) is 51.2 Å². The van der Waals surface area contributed by atoms with E-state index in [0.717, 1.165) is 50.4 Å². The third-order valence-electron chi connectivity index (χ3n) is 11.3. The van der Waals surface area contributed by atoms with Crippen molar-refractivity contribution in [3.8, 4) is 0 Å². The quantitative estimate of drug-likeness (QED) is 0.332. The second kappa shape index (κ2) is 8.02. The molecule has 182 valence electrons. The number of hydrogen-bond acceptors (Lipinski definition) is 3. The van der Waals surface area contributed by atoms with E-state index in [1.807, 2.05) is 6.92 Å². The van der Waals surface area contributed by atoms with E-state index in [9.17, 15) is 14.4 Å². The van der Waals surface area contributed by atoms with Gasteiger partial charge in [-0.25, -0.2) is 0 Å². The Morgan fingerprint density at radius 1 is 1.06 bits per heavy atom. The van der Waals surface area contributed by atoms with Gasteiger partial charge in [0.05, 0.1) is 0 Å². The smallest absolute Gasteiger partial charge is 0.159 e. The number of rotatable bonds is 5. The lowest BCUT2D eigenvalue weighted by Crippen LogP contribution is -2.56. The molecule has 0 aromatic rings. The van der Waals surface area contributed by atoms with E-state index in [4.69, 9.17) is 0 Å². The fourth-order valence-corrected chi connectivity index (χ4v) is 8.94. The first-order chi connectivity index (χ1) is 15.3. The lowest BCUT2D eigenvalue weighted by Gasteiger charge is -2.60. The number of carbonyl (C=O) groups is 3. The zero-order chi connectivity index (χ0) is 24.4. The first kappa shape index (κ1) is 24.6. The van der Waals surface area contributed by atoms with E-state index >= 15 is 0 Å². The SMILES string of the molecule is C/C(C=O)=C/CC[C@@H](C)[C@H]1CC[C@@]2(C)C3=C(CC[C@]12C)[C@@]1(C)CCC(=O)C(C)(C)[C@@H]1CC3=O. The second-order valence-corrected chi connectivity index (χ2v) is 13.1. The van der Waals surface area contributed by atoms with E-state index in [1.54, 1.807) is 0 Å². The molecule has 0 N–H and O–H groups in total. The van der Waals surface area contributed by atoms with Crippen LogP contribution in [0.5, 0.6) is 0 Å². The van der Waals surface area contributed by atoms with Crippen LogP contribution >= 0.6 is 0 Å². The van der Waals surface area contributed by atoms with Crippen LogP contribution in [0, 0.1) is 39.4 Å². The summed E-state index contributed by atoms with van der Waals surface area (Å²) in [7, 11) is 0. The number of carbonyl (C=O) groups excluding carboxylic acids is 3. The summed E-state index contributed by atoms with van der Waals surface area (Å²) in [6.45, 7) is 15.7. The van der Waals surface area contributed by atoms with Crippen LogP contribution in [-0.4, -0.2) is 17.9 Å². The highest BCUT2D eigenvalue weighted by Gasteiger charge is 2.65. The summed E-state index contributed by atoms with van der Waals surface area (Å²) in [5.74, 6) is 1.98. The summed E-state index contributed by atoms with van der Waals surface area (Å²) in [5, 5.41) is 0. The number of fused-ring (bicyclic) bond motifs is 4. The van der Waals surface area contributed by atoms with Crippen molar-refractivity contribution in [3.63, 3.8) is 0 Å². The molecule has 0 radical (unpaired) electrons. The first-order valence-corrected chi connectivity index (χ1v) is 13.3. The van der Waals surface area contributed by atoms with Gasteiger partial charge in [-0.2, -0.15) is 0 Å². The number of ketones is 2. The monoisotopic (exact) mass is 452 g/mol. The zero-order valence-corrected chi connectivity index (χ0v) is 22.0. The van der Waals surface area contributed by atoms with Gasteiger partial charge in [0.2, 0.25) is 0 Å². The van der Waals surface area contributed by atoms with Crippen molar-refractivity contribution < 1.29 is 14.4 Å². The summed E-state index contributed by atoms with van der Waals surface area (Å²) >= 11 is 0. The molecule has 4 aliphatic carbocycles. The Morgan fingerprint density at radius 3 is 2.42 bits per heavy atom. The molecule has 6 atom stereocenters. The van der Waals surface area contributed by atoms with E-state index in [2.05, 4.69) is 47.6 Å². The molecule has 2 fully saturated rings. The molecule has 33 heavy (non-hydrogen) atoms. The van der Waals surface area contributed by atoms with Crippen molar-refractivity contribution in [1.29, 1.82) is 0 Å². The minimum Gasteiger partial charge on any atom is -0.299 e. The molecule has 0 amide bonds. The molecule has 0 heterocycles. The predicted octanol–water partition coefficient (Wildman–Crippen LogP) is 7.05. The minimum atomic E-state index is -0.414. The highest BCUT2D eigenvalue weighted by atomic mass is 16.1. The van der Waals surface area contributed by atoms with E-state index in [-0.39, 0.29) is 22.2 Å². The second-order valence-electron chi connectivity index (χ2n) is 13.1. The number of aldehydes is 1. The number of hydrogen-bond donors (Lipinski definition) is 0. The Kier molecular flexibility index (Phi) is 5.98. The van der Waals surface area contributed by atoms with Crippen LogP contribution in [0.25, 0.3) is 0 Å². The lowest BCUT2D eigenvalue weighted by atomic mass is 9.43. The maximum absolute atomic E-state index is 13.9. The zero-order valence-electron chi connectivity index (χ0n) is 22.0. The van der Waals surface area contributed by atoms with Crippen molar-refractivity contribution in [3.05, 3.63) is 22.8 Å². The van der Waals surface area contributed by atoms with Crippen molar-refractivity contribution in [1.82, 2.24) is 0 Å². The lowest BCUT2D eigenvalue weighted by molar-refractivity contribution is -0.142. The molecular weight excluding hydrogens is 408 g/mol. The van der Waals surface area contributed by atoms with Crippen LogP contribution < -0.4 is 0 Å². The van der Waals surface area contributed by atoms with E-state index < -0.39 is 5.41 Å². The molecule has 2 saturated carbocycles. The Bertz CT molecular complexity index is 936. The van der Waals surface area contributed by atoms with Crippen molar-refractivity contribution in [2.75, 3.05) is 0 Å². The normalized spacial score (nSPS) is 41.4. The standard InChI is InChI=1S/C30H44O3/c1-19(18-31)9-8-10-20(2)21-11-16-30(7)26-22(12-15-29(21,30)6)28(5)14-13-25(33)27(3,4)24(28)17-23(26)32/h9,18,20-21,24H,8,10-17H2,1-7H3/b19-9-/t20-,21-,24+,28-,29-,30+/m1/s1. The third-order valence-corrected chi connectivity index (χ3v) is 11.3. The van der Waals surface area contributed by atoms with Gasteiger partial charge in [0.15, 0.2) is 5.78 Å². The summed E-state index contributed by atoms with van der Waals surface area (Å²) in [6, 6.07) is 0. The van der Waals surface area contributed by atoms with Gasteiger partial charge >= 0.3 is 0 Å². The van der Waals surface area contributed by atoms with Gasteiger partial charge in [-0.3, -0.25) is 14.4 Å². The van der Waals surface area contributed by atoms with Crippen molar-refractivity contribution >= 4 is 17.9 Å².